The monoisotopic (exact) mass is 542 g/mol. The molecule has 0 radical (unpaired) electrons. The van der Waals surface area contributed by atoms with Crippen LogP contribution in [0.25, 0.3) is 0 Å². The molecule has 4 atom stereocenters. The van der Waals surface area contributed by atoms with Crippen molar-refractivity contribution in [3.8, 4) is 5.75 Å². The predicted octanol–water partition coefficient (Wildman–Crippen LogP) is 8.39. The van der Waals surface area contributed by atoms with Gasteiger partial charge in [0.1, 0.15) is 11.6 Å². The molecule has 1 heterocycles. The highest BCUT2D eigenvalue weighted by molar-refractivity contribution is 6.32. The second kappa shape index (κ2) is 11.3. The third kappa shape index (κ3) is 5.85. The van der Waals surface area contributed by atoms with Crippen LogP contribution in [0.5, 0.6) is 5.75 Å². The third-order valence-electron chi connectivity index (χ3n) is 6.97. The van der Waals surface area contributed by atoms with Crippen molar-refractivity contribution < 1.29 is 23.8 Å². The van der Waals surface area contributed by atoms with Gasteiger partial charge in [-0.25, -0.2) is 9.18 Å². The summed E-state index contributed by atoms with van der Waals surface area (Å²) >= 11 is 12.8. The minimum atomic E-state index is -1.09. The highest BCUT2D eigenvalue weighted by atomic mass is 35.5. The van der Waals surface area contributed by atoms with Gasteiger partial charge in [-0.3, -0.25) is 0 Å². The number of carboxylic acid groups (broad SMARTS) is 1. The Kier molecular flexibility index (Phi) is 8.27. The van der Waals surface area contributed by atoms with Gasteiger partial charge in [0.05, 0.1) is 12.2 Å². The molecule has 0 aliphatic carbocycles. The van der Waals surface area contributed by atoms with Crippen molar-refractivity contribution in [3.05, 3.63) is 110 Å². The Morgan fingerprint density at radius 2 is 1.81 bits per heavy atom. The number of hydrogen-bond acceptors (Lipinski definition) is 3. The molecular formula is C30H29Cl2FO4. The maximum Gasteiger partial charge on any atom is 0.341 e. The molecule has 0 bridgehead atoms. The first-order valence-corrected chi connectivity index (χ1v) is 12.8. The van der Waals surface area contributed by atoms with Gasteiger partial charge in [-0.2, -0.15) is 0 Å². The van der Waals surface area contributed by atoms with E-state index in [0.29, 0.717) is 33.3 Å². The lowest BCUT2D eigenvalue weighted by Crippen LogP contribution is -2.32. The maximum absolute atomic E-state index is 14.4. The van der Waals surface area contributed by atoms with Gasteiger partial charge < -0.3 is 14.6 Å². The van der Waals surface area contributed by atoms with Gasteiger partial charge in [0, 0.05) is 27.4 Å². The molecule has 1 fully saturated rings. The van der Waals surface area contributed by atoms with Gasteiger partial charge in [0.25, 0.3) is 0 Å². The van der Waals surface area contributed by atoms with E-state index in [-0.39, 0.29) is 17.7 Å². The van der Waals surface area contributed by atoms with E-state index in [1.165, 1.54) is 12.1 Å². The molecule has 0 aromatic heterocycles. The SMILES string of the molecule is C=C(C)[C@H]1C[C@H](c2ccc(Cl)cc2)[C@H](c2cccc(F)c2)O[C@@H]1c1c(OCC(=O)O)cc(C)c(Cl)c1C. The lowest BCUT2D eigenvalue weighted by molar-refractivity contribution is -0.139. The fourth-order valence-corrected chi connectivity index (χ4v) is 5.44. The largest absolute Gasteiger partial charge is 0.482 e. The first kappa shape index (κ1) is 27.2. The smallest absolute Gasteiger partial charge is 0.341 e. The number of ether oxygens (including phenoxy) is 2. The van der Waals surface area contributed by atoms with Crippen LogP contribution in [0, 0.1) is 25.6 Å². The molecule has 1 saturated heterocycles. The number of carboxylic acids is 1. The molecule has 0 spiro atoms. The molecule has 7 heteroatoms. The van der Waals surface area contributed by atoms with Crippen LogP contribution >= 0.6 is 23.2 Å². The quantitative estimate of drug-likeness (QED) is 0.304. The summed E-state index contributed by atoms with van der Waals surface area (Å²) in [6.07, 6.45) is -0.382. The number of hydrogen-bond donors (Lipinski definition) is 1. The Bertz CT molecular complexity index is 1320. The molecule has 1 aliphatic rings. The lowest BCUT2D eigenvalue weighted by Gasteiger charge is -2.44. The number of halogens is 3. The van der Waals surface area contributed by atoms with Gasteiger partial charge in [0.2, 0.25) is 0 Å². The standard InChI is InChI=1S/C30H29Cl2FO4/c1-16(2)23-14-24(19-8-10-21(31)11-9-19)29(20-6-5-7-22(33)13-20)37-30(23)27-18(4)28(32)17(3)12-25(27)36-15-26(34)35/h5-13,23-24,29-30H,1,14-15H2,2-4H3,(H,34,35)/t23-,24-,29+,30+/m1/s1. The summed E-state index contributed by atoms with van der Waals surface area (Å²) in [6.45, 7) is 9.42. The number of rotatable bonds is 7. The van der Waals surface area contributed by atoms with Crippen LogP contribution in [-0.4, -0.2) is 17.7 Å². The Labute approximate surface area is 226 Å². The Morgan fingerprint density at radius 3 is 2.43 bits per heavy atom. The zero-order valence-corrected chi connectivity index (χ0v) is 22.4. The normalized spacial score (nSPS) is 21.5. The summed E-state index contributed by atoms with van der Waals surface area (Å²) in [5.74, 6) is -1.29. The third-order valence-corrected chi connectivity index (χ3v) is 7.80. The minimum absolute atomic E-state index is 0.110. The molecule has 3 aromatic carbocycles. The van der Waals surface area contributed by atoms with Crippen molar-refractivity contribution in [2.75, 3.05) is 6.61 Å². The van der Waals surface area contributed by atoms with Crippen molar-refractivity contribution in [2.45, 2.75) is 45.3 Å². The molecule has 37 heavy (non-hydrogen) atoms. The topological polar surface area (TPSA) is 55.8 Å². The van der Waals surface area contributed by atoms with Crippen LogP contribution in [0.1, 0.15) is 59.3 Å². The van der Waals surface area contributed by atoms with E-state index in [1.54, 1.807) is 12.1 Å². The fourth-order valence-electron chi connectivity index (χ4n) is 5.16. The summed E-state index contributed by atoms with van der Waals surface area (Å²) in [7, 11) is 0. The van der Waals surface area contributed by atoms with Crippen LogP contribution in [0.4, 0.5) is 4.39 Å². The van der Waals surface area contributed by atoms with Gasteiger partial charge in [0.15, 0.2) is 6.61 Å². The molecule has 4 rings (SSSR count). The highest BCUT2D eigenvalue weighted by Gasteiger charge is 2.42. The van der Waals surface area contributed by atoms with Crippen molar-refractivity contribution in [3.63, 3.8) is 0 Å². The molecule has 1 aliphatic heterocycles. The van der Waals surface area contributed by atoms with E-state index >= 15 is 0 Å². The van der Waals surface area contributed by atoms with E-state index in [1.807, 2.05) is 51.1 Å². The van der Waals surface area contributed by atoms with Crippen molar-refractivity contribution in [1.29, 1.82) is 0 Å². The van der Waals surface area contributed by atoms with E-state index in [9.17, 15) is 14.3 Å². The van der Waals surface area contributed by atoms with E-state index < -0.39 is 24.8 Å². The van der Waals surface area contributed by atoms with Gasteiger partial charge >= 0.3 is 5.97 Å². The molecule has 1 N–H and O–H groups in total. The van der Waals surface area contributed by atoms with Gasteiger partial charge in [-0.05, 0) is 79.8 Å². The second-order valence-corrected chi connectivity index (χ2v) is 10.4. The van der Waals surface area contributed by atoms with Crippen molar-refractivity contribution in [2.24, 2.45) is 5.92 Å². The summed E-state index contributed by atoms with van der Waals surface area (Å²) in [6, 6.07) is 15.8. The average Bonchev–Trinajstić information content (AvgIpc) is 2.86. The number of benzene rings is 3. The molecule has 0 saturated carbocycles. The zero-order chi connectivity index (χ0) is 26.9. The molecule has 4 nitrogen and oxygen atoms in total. The molecule has 0 amide bonds. The Morgan fingerprint density at radius 1 is 1.11 bits per heavy atom. The minimum Gasteiger partial charge on any atom is -0.482 e. The number of carbonyl (C=O) groups is 1. The fraction of sp³-hybridized carbons (Fsp3) is 0.300. The van der Waals surface area contributed by atoms with Crippen molar-refractivity contribution in [1.82, 2.24) is 0 Å². The van der Waals surface area contributed by atoms with Crippen LogP contribution in [0.2, 0.25) is 10.0 Å². The van der Waals surface area contributed by atoms with E-state index in [0.717, 1.165) is 22.3 Å². The van der Waals surface area contributed by atoms with E-state index in [4.69, 9.17) is 32.7 Å². The molecule has 3 aromatic rings. The summed E-state index contributed by atoms with van der Waals surface area (Å²) in [5, 5.41) is 10.5. The number of aryl methyl sites for hydroxylation is 1. The van der Waals surface area contributed by atoms with Crippen LogP contribution in [-0.2, 0) is 9.53 Å². The first-order valence-electron chi connectivity index (χ1n) is 12.0. The van der Waals surface area contributed by atoms with Crippen LogP contribution < -0.4 is 4.74 Å². The first-order chi connectivity index (χ1) is 17.6. The van der Waals surface area contributed by atoms with Crippen LogP contribution in [0.15, 0.2) is 66.7 Å². The summed E-state index contributed by atoms with van der Waals surface area (Å²) in [4.78, 5) is 11.3. The maximum atomic E-state index is 14.4. The van der Waals surface area contributed by atoms with E-state index in [2.05, 4.69) is 6.58 Å². The molecule has 0 unspecified atom stereocenters. The lowest BCUT2D eigenvalue weighted by atomic mass is 9.73. The van der Waals surface area contributed by atoms with Crippen LogP contribution in [0.3, 0.4) is 0 Å². The Balaban J connectivity index is 1.87. The molecular weight excluding hydrogens is 514 g/mol. The second-order valence-electron chi connectivity index (χ2n) is 9.61. The highest BCUT2D eigenvalue weighted by Crippen LogP contribution is 2.54. The predicted molar refractivity (Wildman–Crippen MR) is 144 cm³/mol. The van der Waals surface area contributed by atoms with Gasteiger partial charge in [-0.15, -0.1) is 0 Å². The zero-order valence-electron chi connectivity index (χ0n) is 20.9. The number of aliphatic carboxylic acids is 1. The summed E-state index contributed by atoms with van der Waals surface area (Å²) in [5.41, 5.74) is 4.83. The molecule has 194 valence electrons. The summed E-state index contributed by atoms with van der Waals surface area (Å²) < 4.78 is 27.0. The Hall–Kier alpha value is -2.86. The average molecular weight is 543 g/mol. The van der Waals surface area contributed by atoms with Gasteiger partial charge in [-0.1, -0.05) is 59.6 Å². The van der Waals surface area contributed by atoms with Crippen molar-refractivity contribution >= 4 is 29.2 Å².